The van der Waals surface area contributed by atoms with Crippen molar-refractivity contribution in [2.24, 2.45) is 5.41 Å². The Kier molecular flexibility index (Phi) is 4.62. The number of hydrogen-bond acceptors (Lipinski definition) is 6. The number of pyridine rings is 1. The molecule has 1 saturated heterocycles. The number of hydrogen-bond donors (Lipinski definition) is 2. The van der Waals surface area contributed by atoms with Gasteiger partial charge in [0.25, 0.3) is 11.4 Å². The quantitative estimate of drug-likeness (QED) is 0.802. The third-order valence-electron chi connectivity index (χ3n) is 5.61. The number of alkyl halides is 3. The zero-order chi connectivity index (χ0) is 20.8. The fourth-order valence-electron chi connectivity index (χ4n) is 4.08. The van der Waals surface area contributed by atoms with Gasteiger partial charge in [-0.3, -0.25) is 9.59 Å². The standard InChI is InChI=1S/C18H20F3N5O3/c1-10(15(28)26-8-17(9-26)6-2-3-7-17)22-16-25-24-14(29-16)11-4-5-12(18(19,20)21)23-13(11)27/h4-5,10H,2-3,6-9H2,1H3,(H,22,25)(H,23,27)/t10-/m0/s1. The third-order valence-corrected chi connectivity index (χ3v) is 5.61. The summed E-state index contributed by atoms with van der Waals surface area (Å²) in [7, 11) is 0. The molecule has 2 fully saturated rings. The van der Waals surface area contributed by atoms with E-state index in [0.29, 0.717) is 0 Å². The van der Waals surface area contributed by atoms with Gasteiger partial charge in [-0.2, -0.15) is 13.2 Å². The Morgan fingerprint density at radius 2 is 1.97 bits per heavy atom. The first-order valence-electron chi connectivity index (χ1n) is 9.37. The third kappa shape index (κ3) is 3.73. The number of nitrogens with zero attached hydrogens (tertiary/aromatic N) is 3. The van der Waals surface area contributed by atoms with Crippen molar-refractivity contribution in [3.05, 3.63) is 28.2 Å². The van der Waals surface area contributed by atoms with Gasteiger partial charge in [0.1, 0.15) is 17.3 Å². The van der Waals surface area contributed by atoms with Gasteiger partial charge in [-0.25, -0.2) is 0 Å². The number of nitrogens with one attached hydrogen (secondary N) is 2. The molecule has 1 amide bonds. The normalized spacial score (nSPS) is 19.2. The molecule has 0 aromatic carbocycles. The molecule has 0 unspecified atom stereocenters. The Balaban J connectivity index is 1.40. The van der Waals surface area contributed by atoms with Crippen LogP contribution in [0.2, 0.25) is 0 Å². The molecule has 2 aliphatic rings. The molecule has 29 heavy (non-hydrogen) atoms. The van der Waals surface area contributed by atoms with Gasteiger partial charge in [-0.05, 0) is 31.9 Å². The van der Waals surface area contributed by atoms with Crippen molar-refractivity contribution >= 4 is 11.9 Å². The Morgan fingerprint density at radius 1 is 1.28 bits per heavy atom. The Morgan fingerprint density at radius 3 is 2.59 bits per heavy atom. The van der Waals surface area contributed by atoms with E-state index in [9.17, 15) is 22.8 Å². The summed E-state index contributed by atoms with van der Waals surface area (Å²) in [6, 6.07) is 0.988. The lowest BCUT2D eigenvalue weighted by Gasteiger charge is -2.49. The number of anilines is 1. The average Bonchev–Trinajstić information content (AvgIpc) is 3.28. The van der Waals surface area contributed by atoms with Crippen LogP contribution in [0.5, 0.6) is 0 Å². The van der Waals surface area contributed by atoms with Crippen molar-refractivity contribution in [3.8, 4) is 11.5 Å². The number of carbonyl (C=O) groups is 1. The number of amides is 1. The maximum Gasteiger partial charge on any atom is 0.431 e. The van der Waals surface area contributed by atoms with E-state index in [2.05, 4.69) is 15.5 Å². The van der Waals surface area contributed by atoms with Crippen LogP contribution in [0, 0.1) is 5.41 Å². The van der Waals surface area contributed by atoms with Crippen molar-refractivity contribution < 1.29 is 22.4 Å². The van der Waals surface area contributed by atoms with E-state index in [1.165, 1.54) is 12.8 Å². The van der Waals surface area contributed by atoms with Crippen LogP contribution in [0.4, 0.5) is 19.2 Å². The molecule has 156 valence electrons. The molecule has 4 rings (SSSR count). The van der Waals surface area contributed by atoms with Crippen LogP contribution in [0.1, 0.15) is 38.3 Å². The number of aromatic nitrogens is 3. The fraction of sp³-hybridized carbons (Fsp3) is 0.556. The summed E-state index contributed by atoms with van der Waals surface area (Å²) in [5.74, 6) is -0.328. The second-order valence-electron chi connectivity index (χ2n) is 7.79. The largest absolute Gasteiger partial charge is 0.431 e. The van der Waals surface area contributed by atoms with Crippen LogP contribution in [0.25, 0.3) is 11.5 Å². The fourth-order valence-corrected chi connectivity index (χ4v) is 4.08. The van der Waals surface area contributed by atoms with Gasteiger partial charge < -0.3 is 19.6 Å². The SMILES string of the molecule is C[C@H](Nc1nnc(-c2ccc(C(F)(F)F)[nH]c2=O)o1)C(=O)N1CC2(CCCC2)C1. The van der Waals surface area contributed by atoms with Crippen molar-refractivity contribution in [1.82, 2.24) is 20.1 Å². The van der Waals surface area contributed by atoms with Crippen molar-refractivity contribution in [3.63, 3.8) is 0 Å². The van der Waals surface area contributed by atoms with Crippen molar-refractivity contribution in [1.29, 1.82) is 0 Å². The minimum absolute atomic E-state index is 0.0868. The van der Waals surface area contributed by atoms with Gasteiger partial charge in [0.2, 0.25) is 5.91 Å². The summed E-state index contributed by atoms with van der Waals surface area (Å²) in [6.45, 7) is 3.18. The summed E-state index contributed by atoms with van der Waals surface area (Å²) < 4.78 is 43.3. The molecule has 2 N–H and O–H groups in total. The molecule has 2 aromatic rings. The second-order valence-corrected chi connectivity index (χ2v) is 7.79. The van der Waals surface area contributed by atoms with Gasteiger partial charge in [-0.1, -0.05) is 17.9 Å². The lowest BCUT2D eigenvalue weighted by Crippen LogP contribution is -2.59. The van der Waals surface area contributed by atoms with Crippen LogP contribution in [-0.2, 0) is 11.0 Å². The molecule has 2 aromatic heterocycles. The highest BCUT2D eigenvalue weighted by molar-refractivity contribution is 5.84. The van der Waals surface area contributed by atoms with Crippen LogP contribution >= 0.6 is 0 Å². The molecule has 1 atom stereocenters. The van der Waals surface area contributed by atoms with Crippen LogP contribution in [-0.4, -0.2) is 45.1 Å². The molecule has 1 aliphatic heterocycles. The lowest BCUT2D eigenvalue weighted by atomic mass is 9.78. The molecule has 0 radical (unpaired) electrons. The summed E-state index contributed by atoms with van der Waals surface area (Å²) in [6.07, 6.45) is 0.0803. The van der Waals surface area contributed by atoms with Gasteiger partial charge in [0.15, 0.2) is 0 Å². The highest BCUT2D eigenvalue weighted by atomic mass is 19.4. The number of likely N-dealkylation sites (tertiary alicyclic amines) is 1. The molecule has 0 bridgehead atoms. The van der Waals surface area contributed by atoms with Crippen LogP contribution in [0.15, 0.2) is 21.3 Å². The first-order chi connectivity index (χ1) is 13.7. The molecule has 1 saturated carbocycles. The monoisotopic (exact) mass is 411 g/mol. The van der Waals surface area contributed by atoms with Gasteiger partial charge in [0.05, 0.1) is 0 Å². The summed E-state index contributed by atoms with van der Waals surface area (Å²) >= 11 is 0. The minimum Gasteiger partial charge on any atom is -0.403 e. The summed E-state index contributed by atoms with van der Waals surface area (Å²) in [4.78, 5) is 28.0. The maximum absolute atomic E-state index is 12.7. The number of halogens is 3. The van der Waals surface area contributed by atoms with E-state index in [1.807, 2.05) is 0 Å². The van der Waals surface area contributed by atoms with Crippen LogP contribution in [0.3, 0.4) is 0 Å². The molecule has 1 aliphatic carbocycles. The zero-order valence-electron chi connectivity index (χ0n) is 15.7. The van der Waals surface area contributed by atoms with E-state index in [4.69, 9.17) is 4.42 Å². The molecule has 11 heteroatoms. The average molecular weight is 411 g/mol. The Hall–Kier alpha value is -2.85. The molecular formula is C18H20F3N5O3. The van der Waals surface area contributed by atoms with Gasteiger partial charge >= 0.3 is 12.2 Å². The van der Waals surface area contributed by atoms with Crippen LogP contribution < -0.4 is 10.9 Å². The molecule has 1 spiro atoms. The summed E-state index contributed by atoms with van der Waals surface area (Å²) in [5, 5.41) is 10.2. The zero-order valence-corrected chi connectivity index (χ0v) is 15.7. The van der Waals surface area contributed by atoms with E-state index in [0.717, 1.165) is 38.1 Å². The van der Waals surface area contributed by atoms with E-state index < -0.39 is 23.5 Å². The number of rotatable bonds is 4. The minimum atomic E-state index is -4.66. The number of aromatic amines is 1. The van der Waals surface area contributed by atoms with E-state index >= 15 is 0 Å². The Labute approximate surface area is 163 Å². The molecule has 8 nitrogen and oxygen atoms in total. The predicted molar refractivity (Wildman–Crippen MR) is 95.9 cm³/mol. The second kappa shape index (κ2) is 6.89. The first kappa shape index (κ1) is 19.5. The summed E-state index contributed by atoms with van der Waals surface area (Å²) in [5.41, 5.74) is -2.07. The number of carbonyl (C=O) groups excluding carboxylic acids is 1. The van der Waals surface area contributed by atoms with E-state index in [-0.39, 0.29) is 28.8 Å². The molecule has 3 heterocycles. The predicted octanol–water partition coefficient (Wildman–Crippen LogP) is 2.65. The number of H-pyrrole nitrogens is 1. The molecular weight excluding hydrogens is 391 g/mol. The van der Waals surface area contributed by atoms with Crippen molar-refractivity contribution in [2.45, 2.75) is 44.8 Å². The topological polar surface area (TPSA) is 104 Å². The lowest BCUT2D eigenvalue weighted by molar-refractivity contribution is -0.143. The van der Waals surface area contributed by atoms with Gasteiger partial charge in [0, 0.05) is 18.5 Å². The Bertz CT molecular complexity index is 970. The van der Waals surface area contributed by atoms with E-state index in [1.54, 1.807) is 16.8 Å². The van der Waals surface area contributed by atoms with Gasteiger partial charge in [-0.15, -0.1) is 5.10 Å². The van der Waals surface area contributed by atoms with Crippen molar-refractivity contribution in [2.75, 3.05) is 18.4 Å². The highest BCUT2D eigenvalue weighted by Gasteiger charge is 2.47. The smallest absolute Gasteiger partial charge is 0.403 e. The highest BCUT2D eigenvalue weighted by Crippen LogP contribution is 2.45. The maximum atomic E-state index is 12.7. The first-order valence-corrected chi connectivity index (χ1v) is 9.37.